The number of halogens is 4. The van der Waals surface area contributed by atoms with Crippen LogP contribution in [0.3, 0.4) is 0 Å². The van der Waals surface area contributed by atoms with E-state index in [4.69, 9.17) is 16.9 Å². The van der Waals surface area contributed by atoms with Crippen molar-refractivity contribution in [3.8, 4) is 11.8 Å². The second-order valence-electron chi connectivity index (χ2n) is 3.29. The van der Waals surface area contributed by atoms with Crippen LogP contribution in [0.4, 0.5) is 13.2 Å². The van der Waals surface area contributed by atoms with Gasteiger partial charge in [-0.25, -0.2) is 4.79 Å². The van der Waals surface area contributed by atoms with Crippen LogP contribution in [0, 0.1) is 11.3 Å². The van der Waals surface area contributed by atoms with E-state index in [1.165, 1.54) is 0 Å². The zero-order valence-electron chi connectivity index (χ0n) is 9.55. The van der Waals surface area contributed by atoms with Gasteiger partial charge in [0.2, 0.25) is 0 Å². The molecule has 0 saturated heterocycles. The molecule has 102 valence electrons. The number of hydrogen-bond acceptors (Lipinski definition) is 4. The van der Waals surface area contributed by atoms with E-state index in [1.54, 1.807) is 6.07 Å². The molecule has 0 aromatic heterocycles. The van der Waals surface area contributed by atoms with Gasteiger partial charge in [-0.1, -0.05) is 0 Å². The highest BCUT2D eigenvalue weighted by Crippen LogP contribution is 2.30. The lowest BCUT2D eigenvalue weighted by atomic mass is 10.0. The number of esters is 1. The predicted octanol–water partition coefficient (Wildman–Crippen LogP) is 2.98. The van der Waals surface area contributed by atoms with Crippen molar-refractivity contribution >= 4 is 17.6 Å². The van der Waals surface area contributed by atoms with E-state index in [-0.39, 0.29) is 22.6 Å². The maximum Gasteiger partial charge on any atom is 0.573 e. The number of rotatable bonds is 3. The monoisotopic (exact) mass is 293 g/mol. The van der Waals surface area contributed by atoms with Crippen LogP contribution in [-0.4, -0.2) is 19.4 Å². The molecule has 0 N–H and O–H groups in total. The van der Waals surface area contributed by atoms with Crippen LogP contribution in [0.25, 0.3) is 0 Å². The molecule has 0 atom stereocenters. The minimum atomic E-state index is -4.97. The molecule has 0 radical (unpaired) electrons. The molecule has 0 saturated carbocycles. The number of nitrogens with zero attached hydrogens (tertiary/aromatic N) is 1. The highest BCUT2D eigenvalue weighted by atomic mass is 35.5. The van der Waals surface area contributed by atoms with Crippen molar-refractivity contribution in [1.29, 1.82) is 5.26 Å². The summed E-state index contributed by atoms with van der Waals surface area (Å²) in [5.74, 6) is -1.80. The number of methoxy groups -OCH3 is 1. The van der Waals surface area contributed by atoms with Crippen molar-refractivity contribution < 1.29 is 27.4 Å². The van der Waals surface area contributed by atoms with Crippen molar-refractivity contribution in [2.45, 2.75) is 12.2 Å². The van der Waals surface area contributed by atoms with Crippen LogP contribution in [0.15, 0.2) is 12.1 Å². The van der Waals surface area contributed by atoms with Gasteiger partial charge in [-0.2, -0.15) is 5.26 Å². The van der Waals surface area contributed by atoms with Crippen LogP contribution in [-0.2, 0) is 10.6 Å². The van der Waals surface area contributed by atoms with Gasteiger partial charge in [-0.15, -0.1) is 24.8 Å². The lowest BCUT2D eigenvalue weighted by Gasteiger charge is -2.13. The zero-order valence-corrected chi connectivity index (χ0v) is 10.3. The lowest BCUT2D eigenvalue weighted by molar-refractivity contribution is -0.274. The fraction of sp³-hybridized carbons (Fsp3) is 0.273. The molecule has 1 rings (SSSR count). The maximum atomic E-state index is 12.2. The Morgan fingerprint density at radius 3 is 2.53 bits per heavy atom. The van der Waals surface area contributed by atoms with Gasteiger partial charge in [0.15, 0.2) is 0 Å². The number of alkyl halides is 4. The molecule has 8 heteroatoms. The third-order valence-electron chi connectivity index (χ3n) is 2.10. The average Bonchev–Trinajstić information content (AvgIpc) is 2.35. The summed E-state index contributed by atoms with van der Waals surface area (Å²) in [4.78, 5) is 11.4. The summed E-state index contributed by atoms with van der Waals surface area (Å²) in [7, 11) is 1.07. The number of nitriles is 1. The van der Waals surface area contributed by atoms with Gasteiger partial charge in [0.05, 0.1) is 18.2 Å². The molecular formula is C11H7ClF3NO3. The van der Waals surface area contributed by atoms with Crippen LogP contribution in [0.1, 0.15) is 21.5 Å². The van der Waals surface area contributed by atoms with Crippen LogP contribution >= 0.6 is 11.6 Å². The van der Waals surface area contributed by atoms with E-state index in [9.17, 15) is 18.0 Å². The Hall–Kier alpha value is -1.94. The summed E-state index contributed by atoms with van der Waals surface area (Å²) >= 11 is 5.57. The molecule has 4 nitrogen and oxygen atoms in total. The number of carbonyl (C=O) groups excluding carboxylic acids is 1. The minimum Gasteiger partial charge on any atom is -0.465 e. The SMILES string of the molecule is COC(=O)c1cc(OC(F)(F)F)c(C#N)cc1CCl. The van der Waals surface area contributed by atoms with Gasteiger partial charge in [-0.05, 0) is 17.7 Å². The Kier molecular flexibility index (Phi) is 4.62. The molecule has 0 amide bonds. The second kappa shape index (κ2) is 5.80. The van der Waals surface area contributed by atoms with Gasteiger partial charge in [0.1, 0.15) is 11.8 Å². The fourth-order valence-corrected chi connectivity index (χ4v) is 1.55. The highest BCUT2D eigenvalue weighted by molar-refractivity contribution is 6.17. The Balaban J connectivity index is 3.38. The van der Waals surface area contributed by atoms with E-state index in [0.717, 1.165) is 19.2 Å². The smallest absolute Gasteiger partial charge is 0.465 e. The molecule has 1 aromatic carbocycles. The van der Waals surface area contributed by atoms with Crippen LogP contribution in [0.2, 0.25) is 0 Å². The van der Waals surface area contributed by atoms with Crippen molar-refractivity contribution in [3.05, 3.63) is 28.8 Å². The maximum absolute atomic E-state index is 12.2. The quantitative estimate of drug-likeness (QED) is 0.635. The van der Waals surface area contributed by atoms with E-state index in [2.05, 4.69) is 9.47 Å². The van der Waals surface area contributed by atoms with E-state index in [1.807, 2.05) is 0 Å². The number of hydrogen-bond donors (Lipinski definition) is 0. The first kappa shape index (κ1) is 15.1. The highest BCUT2D eigenvalue weighted by Gasteiger charge is 2.33. The van der Waals surface area contributed by atoms with Gasteiger partial charge in [0, 0.05) is 5.88 Å². The molecule has 1 aromatic rings. The average molecular weight is 294 g/mol. The molecule has 0 aliphatic carbocycles. The first-order chi connectivity index (χ1) is 8.82. The third-order valence-corrected chi connectivity index (χ3v) is 2.39. The Labute approximate surface area is 111 Å². The van der Waals surface area contributed by atoms with E-state index < -0.39 is 18.1 Å². The lowest BCUT2D eigenvalue weighted by Crippen LogP contribution is -2.18. The first-order valence-electron chi connectivity index (χ1n) is 4.79. The zero-order chi connectivity index (χ0) is 14.6. The summed E-state index contributed by atoms with van der Waals surface area (Å²) < 4.78 is 44.6. The number of ether oxygens (including phenoxy) is 2. The Bertz CT molecular complexity index is 537. The van der Waals surface area contributed by atoms with Crippen molar-refractivity contribution in [2.24, 2.45) is 0 Å². The van der Waals surface area contributed by atoms with E-state index in [0.29, 0.717) is 0 Å². The summed E-state index contributed by atoms with van der Waals surface area (Å²) in [5, 5.41) is 8.77. The van der Waals surface area contributed by atoms with Gasteiger partial charge < -0.3 is 9.47 Å². The van der Waals surface area contributed by atoms with Gasteiger partial charge >= 0.3 is 12.3 Å². The van der Waals surface area contributed by atoms with Crippen LogP contribution < -0.4 is 4.74 Å². The largest absolute Gasteiger partial charge is 0.573 e. The standard InChI is InChI=1S/C11H7ClF3NO3/c1-18-10(17)8-3-9(19-11(13,14)15)7(5-16)2-6(8)4-12/h2-3H,4H2,1H3. The van der Waals surface area contributed by atoms with Crippen molar-refractivity contribution in [2.75, 3.05) is 7.11 Å². The predicted molar refractivity (Wildman–Crippen MR) is 58.7 cm³/mol. The number of carbonyl (C=O) groups is 1. The molecule has 0 unspecified atom stereocenters. The van der Waals surface area contributed by atoms with E-state index >= 15 is 0 Å². The van der Waals surface area contributed by atoms with Crippen LogP contribution in [0.5, 0.6) is 5.75 Å². The molecule has 0 aliphatic rings. The topological polar surface area (TPSA) is 59.3 Å². The summed E-state index contributed by atoms with van der Waals surface area (Å²) in [6.45, 7) is 0. The second-order valence-corrected chi connectivity index (χ2v) is 3.56. The molecule has 0 heterocycles. The Morgan fingerprint density at radius 2 is 2.11 bits per heavy atom. The van der Waals surface area contributed by atoms with Crippen molar-refractivity contribution in [1.82, 2.24) is 0 Å². The molecule has 0 aliphatic heterocycles. The fourth-order valence-electron chi connectivity index (χ4n) is 1.33. The normalized spacial score (nSPS) is 10.7. The molecule has 0 bridgehead atoms. The summed E-state index contributed by atoms with van der Waals surface area (Å²) in [6, 6.07) is 3.38. The summed E-state index contributed by atoms with van der Waals surface area (Å²) in [5.41, 5.74) is -0.379. The molecular weight excluding hydrogens is 287 g/mol. The third kappa shape index (κ3) is 3.76. The molecule has 19 heavy (non-hydrogen) atoms. The molecule has 0 fully saturated rings. The van der Waals surface area contributed by atoms with Gasteiger partial charge in [0.25, 0.3) is 0 Å². The number of benzene rings is 1. The van der Waals surface area contributed by atoms with Crippen molar-refractivity contribution in [3.63, 3.8) is 0 Å². The minimum absolute atomic E-state index is 0.161. The Morgan fingerprint density at radius 1 is 1.47 bits per heavy atom. The summed E-state index contributed by atoms with van der Waals surface area (Å²) in [6.07, 6.45) is -4.97. The first-order valence-corrected chi connectivity index (χ1v) is 5.33. The van der Waals surface area contributed by atoms with Gasteiger partial charge in [-0.3, -0.25) is 0 Å². The molecule has 0 spiro atoms.